The number of hydrogen-bond acceptors (Lipinski definition) is 4. The topological polar surface area (TPSA) is 48.7 Å². The van der Waals surface area contributed by atoms with E-state index in [-0.39, 0.29) is 0 Å². The molecule has 0 radical (unpaired) electrons. The third-order valence-corrected chi connectivity index (χ3v) is 2.34. The Hall–Kier alpha value is -1.86. The van der Waals surface area contributed by atoms with E-state index in [0.717, 1.165) is 5.69 Å². The molecule has 14 heavy (non-hydrogen) atoms. The third-order valence-electron chi connectivity index (χ3n) is 1.66. The highest BCUT2D eigenvalue weighted by Gasteiger charge is 1.97. The number of aromatic nitrogens is 1. The minimum Gasteiger partial charge on any atom is -0.340 e. The predicted octanol–water partition coefficient (Wildman–Crippen LogP) is 2.76. The third kappa shape index (κ3) is 1.90. The molecule has 0 saturated carbocycles. The van der Waals surface area contributed by atoms with Gasteiger partial charge in [0.05, 0.1) is 5.69 Å². The molecule has 4 heteroatoms. The lowest BCUT2D eigenvalue weighted by atomic mass is 10.3. The van der Waals surface area contributed by atoms with Crippen LogP contribution in [0.5, 0.6) is 0 Å². The van der Waals surface area contributed by atoms with Crippen LogP contribution < -0.4 is 5.32 Å². The van der Waals surface area contributed by atoms with Crippen molar-refractivity contribution in [3.63, 3.8) is 0 Å². The molecule has 0 saturated heterocycles. The fraction of sp³-hybridized carbons (Fsp3) is 0. The molecule has 3 nitrogen and oxygen atoms in total. The lowest BCUT2D eigenvalue weighted by molar-refractivity contribution is 1.26. The van der Waals surface area contributed by atoms with Crippen molar-refractivity contribution < 1.29 is 0 Å². The van der Waals surface area contributed by atoms with Gasteiger partial charge in [0.25, 0.3) is 0 Å². The van der Waals surface area contributed by atoms with Crippen LogP contribution in [-0.2, 0) is 0 Å². The molecule has 0 atom stereocenters. The van der Waals surface area contributed by atoms with Crippen LogP contribution in [0, 0.1) is 11.3 Å². The smallest absolute Gasteiger partial charge is 0.142 e. The van der Waals surface area contributed by atoms with Gasteiger partial charge in [-0.25, -0.2) is 4.98 Å². The number of anilines is 2. The molecule has 0 aromatic carbocycles. The number of nitrogens with zero attached hydrogens (tertiary/aromatic N) is 2. The van der Waals surface area contributed by atoms with Crippen molar-refractivity contribution in [2.45, 2.75) is 0 Å². The largest absolute Gasteiger partial charge is 0.340 e. The average molecular weight is 201 g/mol. The summed E-state index contributed by atoms with van der Waals surface area (Å²) in [5, 5.41) is 15.7. The first-order valence-corrected chi connectivity index (χ1v) is 4.99. The molecule has 1 N–H and O–H groups in total. The van der Waals surface area contributed by atoms with Gasteiger partial charge in [-0.2, -0.15) is 16.6 Å². The molecule has 2 heterocycles. The van der Waals surface area contributed by atoms with Crippen LogP contribution >= 0.6 is 11.3 Å². The van der Waals surface area contributed by atoms with Gasteiger partial charge in [-0.1, -0.05) is 6.07 Å². The predicted molar refractivity (Wildman–Crippen MR) is 56.6 cm³/mol. The lowest BCUT2D eigenvalue weighted by Gasteiger charge is -2.01. The van der Waals surface area contributed by atoms with Gasteiger partial charge in [-0.3, -0.25) is 0 Å². The highest BCUT2D eigenvalue weighted by Crippen LogP contribution is 2.17. The summed E-state index contributed by atoms with van der Waals surface area (Å²) < 4.78 is 0. The van der Waals surface area contributed by atoms with E-state index < -0.39 is 0 Å². The van der Waals surface area contributed by atoms with Gasteiger partial charge in [-0.15, -0.1) is 0 Å². The number of hydrogen-bond donors (Lipinski definition) is 1. The van der Waals surface area contributed by atoms with Crippen molar-refractivity contribution in [1.29, 1.82) is 5.26 Å². The van der Waals surface area contributed by atoms with Crippen molar-refractivity contribution in [1.82, 2.24) is 4.98 Å². The van der Waals surface area contributed by atoms with Crippen LogP contribution in [0.25, 0.3) is 0 Å². The highest BCUT2D eigenvalue weighted by atomic mass is 32.1. The molecule has 2 aromatic rings. The van der Waals surface area contributed by atoms with Gasteiger partial charge in [0.1, 0.15) is 17.6 Å². The Kier molecular flexibility index (Phi) is 2.43. The number of nitrogens with one attached hydrogen (secondary N) is 1. The maximum Gasteiger partial charge on any atom is 0.142 e. The normalized spacial score (nSPS) is 9.36. The van der Waals surface area contributed by atoms with Crippen LogP contribution in [0.1, 0.15) is 5.69 Å². The minimum atomic E-state index is 0.422. The summed E-state index contributed by atoms with van der Waals surface area (Å²) in [6.45, 7) is 0. The Morgan fingerprint density at radius 2 is 2.29 bits per heavy atom. The van der Waals surface area contributed by atoms with Crippen molar-refractivity contribution in [2.75, 3.05) is 5.32 Å². The Morgan fingerprint density at radius 1 is 1.36 bits per heavy atom. The Labute approximate surface area is 85.7 Å². The van der Waals surface area contributed by atoms with E-state index in [1.165, 1.54) is 0 Å². The summed E-state index contributed by atoms with van der Waals surface area (Å²) in [6.07, 6.45) is 0. The fourth-order valence-electron chi connectivity index (χ4n) is 1.05. The summed E-state index contributed by atoms with van der Waals surface area (Å²) in [4.78, 5) is 4.10. The number of rotatable bonds is 2. The summed E-state index contributed by atoms with van der Waals surface area (Å²) >= 11 is 1.61. The molecule has 0 unspecified atom stereocenters. The van der Waals surface area contributed by atoms with Crippen molar-refractivity contribution in [2.24, 2.45) is 0 Å². The zero-order valence-electron chi connectivity index (χ0n) is 7.27. The molecule has 0 aliphatic carbocycles. The molecule has 0 bridgehead atoms. The number of pyridine rings is 1. The van der Waals surface area contributed by atoms with Crippen molar-refractivity contribution in [3.05, 3.63) is 40.7 Å². The van der Waals surface area contributed by atoms with Gasteiger partial charge in [0.15, 0.2) is 0 Å². The van der Waals surface area contributed by atoms with Gasteiger partial charge in [-0.05, 0) is 23.6 Å². The Balaban J connectivity index is 2.22. The average Bonchev–Trinajstić information content (AvgIpc) is 2.71. The van der Waals surface area contributed by atoms with E-state index in [0.29, 0.717) is 11.5 Å². The maximum atomic E-state index is 8.65. The second-order valence-electron chi connectivity index (χ2n) is 2.66. The second-order valence-corrected chi connectivity index (χ2v) is 3.44. The van der Waals surface area contributed by atoms with E-state index in [2.05, 4.69) is 10.3 Å². The Morgan fingerprint density at radius 3 is 3.00 bits per heavy atom. The maximum absolute atomic E-state index is 8.65. The molecular formula is C10H7N3S. The summed E-state index contributed by atoms with van der Waals surface area (Å²) in [5.41, 5.74) is 1.42. The Bertz CT molecular complexity index is 456. The van der Waals surface area contributed by atoms with E-state index in [9.17, 15) is 0 Å². The fourth-order valence-corrected chi connectivity index (χ4v) is 1.64. The van der Waals surface area contributed by atoms with Gasteiger partial charge in [0, 0.05) is 5.38 Å². The van der Waals surface area contributed by atoms with Crippen LogP contribution in [0.4, 0.5) is 11.5 Å². The number of nitriles is 1. The zero-order chi connectivity index (χ0) is 9.80. The first kappa shape index (κ1) is 8.73. The second kappa shape index (κ2) is 3.90. The quantitative estimate of drug-likeness (QED) is 0.812. The molecule has 0 fully saturated rings. The molecule has 0 spiro atoms. The SMILES string of the molecule is N#Cc1cccc(Nc2ccsc2)n1. The molecule has 68 valence electrons. The van der Waals surface area contributed by atoms with Crippen molar-refractivity contribution >= 4 is 22.8 Å². The minimum absolute atomic E-state index is 0.422. The summed E-state index contributed by atoms with van der Waals surface area (Å²) in [7, 11) is 0. The van der Waals surface area contributed by atoms with E-state index >= 15 is 0 Å². The molecule has 0 aliphatic rings. The van der Waals surface area contributed by atoms with E-state index in [4.69, 9.17) is 5.26 Å². The molecular weight excluding hydrogens is 194 g/mol. The van der Waals surface area contributed by atoms with Crippen molar-refractivity contribution in [3.8, 4) is 6.07 Å². The molecule has 0 amide bonds. The first-order chi connectivity index (χ1) is 6.88. The van der Waals surface area contributed by atoms with Gasteiger partial charge in [0.2, 0.25) is 0 Å². The van der Waals surface area contributed by atoms with Gasteiger partial charge >= 0.3 is 0 Å². The van der Waals surface area contributed by atoms with E-state index in [1.54, 1.807) is 23.5 Å². The van der Waals surface area contributed by atoms with Gasteiger partial charge < -0.3 is 5.32 Å². The zero-order valence-corrected chi connectivity index (χ0v) is 8.08. The monoisotopic (exact) mass is 201 g/mol. The first-order valence-electron chi connectivity index (χ1n) is 4.05. The summed E-state index contributed by atoms with van der Waals surface area (Å²) in [6, 6.07) is 9.28. The highest BCUT2D eigenvalue weighted by molar-refractivity contribution is 7.08. The van der Waals surface area contributed by atoms with E-state index in [1.807, 2.05) is 29.0 Å². The van der Waals surface area contributed by atoms with Crippen LogP contribution in [0.3, 0.4) is 0 Å². The number of thiophene rings is 1. The molecule has 2 rings (SSSR count). The van der Waals surface area contributed by atoms with Crippen LogP contribution in [0.15, 0.2) is 35.0 Å². The molecule has 2 aromatic heterocycles. The molecule has 0 aliphatic heterocycles. The van der Waals surface area contributed by atoms with Crippen LogP contribution in [-0.4, -0.2) is 4.98 Å². The standard InChI is InChI=1S/C10H7N3S/c11-6-8-2-1-3-10(12-8)13-9-4-5-14-7-9/h1-5,7H,(H,12,13). The summed E-state index contributed by atoms with van der Waals surface area (Å²) in [5.74, 6) is 0.697. The van der Waals surface area contributed by atoms with Crippen LogP contribution in [0.2, 0.25) is 0 Å². The lowest BCUT2D eigenvalue weighted by Crippen LogP contribution is -1.92.